The lowest BCUT2D eigenvalue weighted by Gasteiger charge is -2.38. The SMILES string of the molecule is O=C(C[C@@H](C(=O)c1ccccc1)N1CCN(Cc2ccccc2)CC1)c1ccccc1. The fraction of sp³-hybridized carbons (Fsp3) is 0.259. The van der Waals surface area contributed by atoms with E-state index < -0.39 is 6.04 Å². The van der Waals surface area contributed by atoms with E-state index in [-0.39, 0.29) is 18.0 Å². The van der Waals surface area contributed by atoms with Crippen molar-refractivity contribution in [1.29, 1.82) is 0 Å². The molecule has 4 heteroatoms. The van der Waals surface area contributed by atoms with Crippen LogP contribution in [-0.2, 0) is 6.54 Å². The highest BCUT2D eigenvalue weighted by atomic mass is 16.1. The lowest BCUT2D eigenvalue weighted by atomic mass is 9.95. The summed E-state index contributed by atoms with van der Waals surface area (Å²) in [6.45, 7) is 4.23. The Bertz CT molecular complexity index is 982. The van der Waals surface area contributed by atoms with Gasteiger partial charge >= 0.3 is 0 Å². The number of carbonyl (C=O) groups is 2. The van der Waals surface area contributed by atoms with Gasteiger partial charge < -0.3 is 0 Å². The van der Waals surface area contributed by atoms with Crippen molar-refractivity contribution < 1.29 is 9.59 Å². The molecule has 1 heterocycles. The summed E-state index contributed by atoms with van der Waals surface area (Å²) in [6.07, 6.45) is 0.205. The standard InChI is InChI=1S/C27H28N2O2/c30-26(23-12-6-2-7-13-23)20-25(27(31)24-14-8-3-9-15-24)29-18-16-28(17-19-29)21-22-10-4-1-5-11-22/h1-15,25H,16-21H2/t25-/m0/s1. The molecule has 4 nitrogen and oxygen atoms in total. The predicted molar refractivity (Wildman–Crippen MR) is 123 cm³/mol. The molecule has 0 aromatic heterocycles. The Morgan fingerprint density at radius 3 is 1.77 bits per heavy atom. The number of piperazine rings is 1. The summed E-state index contributed by atoms with van der Waals surface area (Å²) >= 11 is 0. The molecule has 0 unspecified atom stereocenters. The number of carbonyl (C=O) groups excluding carboxylic acids is 2. The van der Waals surface area contributed by atoms with Gasteiger partial charge in [0.2, 0.25) is 0 Å². The maximum absolute atomic E-state index is 13.4. The first kappa shape index (κ1) is 21.2. The van der Waals surface area contributed by atoms with Gasteiger partial charge in [-0.15, -0.1) is 0 Å². The van der Waals surface area contributed by atoms with E-state index >= 15 is 0 Å². The van der Waals surface area contributed by atoms with Crippen molar-refractivity contribution in [3.05, 3.63) is 108 Å². The molecule has 0 spiro atoms. The molecule has 1 fully saturated rings. The Balaban J connectivity index is 1.46. The van der Waals surface area contributed by atoms with Crippen LogP contribution in [0.15, 0.2) is 91.0 Å². The zero-order chi connectivity index (χ0) is 21.5. The van der Waals surface area contributed by atoms with Gasteiger partial charge in [0, 0.05) is 50.3 Å². The maximum Gasteiger partial charge on any atom is 0.180 e. The molecule has 3 aromatic rings. The highest BCUT2D eigenvalue weighted by molar-refractivity contribution is 6.05. The molecule has 4 rings (SSSR count). The van der Waals surface area contributed by atoms with Gasteiger partial charge in [-0.05, 0) is 5.56 Å². The van der Waals surface area contributed by atoms with Crippen LogP contribution in [0.1, 0.15) is 32.7 Å². The van der Waals surface area contributed by atoms with E-state index in [1.165, 1.54) is 5.56 Å². The summed E-state index contributed by atoms with van der Waals surface area (Å²) in [4.78, 5) is 30.9. The van der Waals surface area contributed by atoms with Crippen LogP contribution in [0, 0.1) is 0 Å². The highest BCUT2D eigenvalue weighted by Gasteiger charge is 2.31. The largest absolute Gasteiger partial charge is 0.297 e. The molecule has 1 saturated heterocycles. The second-order valence-corrected chi connectivity index (χ2v) is 8.04. The van der Waals surface area contributed by atoms with E-state index in [2.05, 4.69) is 34.1 Å². The average Bonchev–Trinajstić information content (AvgIpc) is 2.84. The van der Waals surface area contributed by atoms with Crippen molar-refractivity contribution in [1.82, 2.24) is 9.80 Å². The molecule has 1 atom stereocenters. The quantitative estimate of drug-likeness (QED) is 0.517. The minimum atomic E-state index is -0.436. The molecule has 3 aromatic carbocycles. The van der Waals surface area contributed by atoms with Crippen LogP contribution in [-0.4, -0.2) is 53.6 Å². The molecule has 0 N–H and O–H groups in total. The smallest absolute Gasteiger partial charge is 0.180 e. The zero-order valence-electron chi connectivity index (χ0n) is 17.7. The van der Waals surface area contributed by atoms with E-state index in [0.29, 0.717) is 11.1 Å². The summed E-state index contributed by atoms with van der Waals surface area (Å²) in [5, 5.41) is 0. The Hall–Kier alpha value is -3.08. The lowest BCUT2D eigenvalue weighted by Crippen LogP contribution is -2.53. The highest BCUT2D eigenvalue weighted by Crippen LogP contribution is 2.19. The molecule has 158 valence electrons. The van der Waals surface area contributed by atoms with E-state index in [1.807, 2.05) is 66.7 Å². The second kappa shape index (κ2) is 10.3. The minimum absolute atomic E-state index is 0.0154. The molecule has 0 radical (unpaired) electrons. The molecule has 0 aliphatic carbocycles. The van der Waals surface area contributed by atoms with Crippen LogP contribution in [0.5, 0.6) is 0 Å². The molecule has 0 amide bonds. The van der Waals surface area contributed by atoms with Crippen LogP contribution < -0.4 is 0 Å². The normalized spacial score (nSPS) is 16.0. The summed E-state index contributed by atoms with van der Waals surface area (Å²) in [6, 6.07) is 28.6. The molecular formula is C27H28N2O2. The third-order valence-electron chi connectivity index (χ3n) is 5.93. The number of benzene rings is 3. The maximum atomic E-state index is 13.4. The van der Waals surface area contributed by atoms with E-state index in [9.17, 15) is 9.59 Å². The first-order chi connectivity index (χ1) is 15.2. The predicted octanol–water partition coefficient (Wildman–Crippen LogP) is 4.33. The number of nitrogens with zero attached hydrogens (tertiary/aromatic N) is 2. The van der Waals surface area contributed by atoms with Gasteiger partial charge in [-0.2, -0.15) is 0 Å². The van der Waals surface area contributed by atoms with Gasteiger partial charge in [-0.3, -0.25) is 19.4 Å². The minimum Gasteiger partial charge on any atom is -0.297 e. The summed E-state index contributed by atoms with van der Waals surface area (Å²) in [7, 11) is 0. The third-order valence-corrected chi connectivity index (χ3v) is 5.93. The van der Waals surface area contributed by atoms with Crippen molar-refractivity contribution >= 4 is 11.6 Å². The van der Waals surface area contributed by atoms with Crippen molar-refractivity contribution in [2.24, 2.45) is 0 Å². The fourth-order valence-electron chi connectivity index (χ4n) is 4.17. The molecule has 0 bridgehead atoms. The number of hydrogen-bond donors (Lipinski definition) is 0. The van der Waals surface area contributed by atoms with Gasteiger partial charge in [-0.1, -0.05) is 91.0 Å². The van der Waals surface area contributed by atoms with Crippen molar-refractivity contribution in [3.8, 4) is 0 Å². The molecule has 0 saturated carbocycles. The molecule has 1 aliphatic rings. The van der Waals surface area contributed by atoms with Crippen LogP contribution in [0.4, 0.5) is 0 Å². The number of rotatable bonds is 8. The third kappa shape index (κ3) is 5.54. The van der Waals surface area contributed by atoms with Gasteiger partial charge in [0.05, 0.1) is 6.04 Å². The van der Waals surface area contributed by atoms with Gasteiger partial charge in [0.15, 0.2) is 11.6 Å². The number of ketones is 2. The summed E-state index contributed by atoms with van der Waals surface area (Å²) in [5.74, 6) is 0.0444. The van der Waals surface area contributed by atoms with E-state index in [4.69, 9.17) is 0 Å². The summed E-state index contributed by atoms with van der Waals surface area (Å²) < 4.78 is 0. The zero-order valence-corrected chi connectivity index (χ0v) is 17.7. The Kier molecular flexibility index (Phi) is 7.03. The van der Waals surface area contributed by atoms with Crippen molar-refractivity contribution in [2.45, 2.75) is 19.0 Å². The van der Waals surface area contributed by atoms with E-state index in [1.54, 1.807) is 0 Å². The second-order valence-electron chi connectivity index (χ2n) is 8.04. The molecular weight excluding hydrogens is 384 g/mol. The van der Waals surface area contributed by atoms with Crippen LogP contribution in [0.3, 0.4) is 0 Å². The van der Waals surface area contributed by atoms with Crippen molar-refractivity contribution in [3.63, 3.8) is 0 Å². The Labute approximate surface area is 184 Å². The first-order valence-electron chi connectivity index (χ1n) is 10.9. The first-order valence-corrected chi connectivity index (χ1v) is 10.9. The lowest BCUT2D eigenvalue weighted by molar-refractivity contribution is 0.0599. The number of Topliss-reactive ketones (excluding diaryl/α,β-unsaturated/α-hetero) is 2. The number of hydrogen-bond acceptors (Lipinski definition) is 4. The van der Waals surface area contributed by atoms with Crippen LogP contribution in [0.2, 0.25) is 0 Å². The average molecular weight is 413 g/mol. The van der Waals surface area contributed by atoms with Crippen molar-refractivity contribution in [2.75, 3.05) is 26.2 Å². The Morgan fingerprint density at radius 1 is 0.677 bits per heavy atom. The van der Waals surface area contributed by atoms with Crippen LogP contribution >= 0.6 is 0 Å². The van der Waals surface area contributed by atoms with E-state index in [0.717, 1.165) is 32.7 Å². The van der Waals surface area contributed by atoms with Gasteiger partial charge in [-0.25, -0.2) is 0 Å². The molecule has 31 heavy (non-hydrogen) atoms. The Morgan fingerprint density at radius 2 is 1.19 bits per heavy atom. The fourth-order valence-corrected chi connectivity index (χ4v) is 4.17. The molecule has 1 aliphatic heterocycles. The van der Waals surface area contributed by atoms with Gasteiger partial charge in [0.1, 0.15) is 0 Å². The van der Waals surface area contributed by atoms with Gasteiger partial charge in [0.25, 0.3) is 0 Å². The monoisotopic (exact) mass is 412 g/mol. The summed E-state index contributed by atoms with van der Waals surface area (Å²) in [5.41, 5.74) is 2.63. The topological polar surface area (TPSA) is 40.6 Å². The van der Waals surface area contributed by atoms with Crippen LogP contribution in [0.25, 0.3) is 0 Å².